The molecular formula is C13H14FNO2. The molecule has 0 amide bonds. The van der Waals surface area contributed by atoms with Crippen LogP contribution >= 0.6 is 0 Å². The Kier molecular flexibility index (Phi) is 3.00. The third kappa shape index (κ3) is 2.38. The highest BCUT2D eigenvalue weighted by atomic mass is 19.1. The van der Waals surface area contributed by atoms with E-state index in [9.17, 15) is 9.50 Å². The lowest BCUT2D eigenvalue weighted by Crippen LogP contribution is -2.30. The van der Waals surface area contributed by atoms with Gasteiger partial charge in [0.15, 0.2) is 0 Å². The molecule has 1 heterocycles. The molecule has 3 N–H and O–H groups in total. The lowest BCUT2D eigenvalue weighted by atomic mass is 10.1. The van der Waals surface area contributed by atoms with Crippen LogP contribution in [0.25, 0.3) is 11.3 Å². The minimum absolute atomic E-state index is 0.0728. The molecule has 0 saturated heterocycles. The fourth-order valence-electron chi connectivity index (χ4n) is 1.50. The molecule has 17 heavy (non-hydrogen) atoms. The molecule has 0 saturated carbocycles. The Morgan fingerprint density at radius 1 is 1.24 bits per heavy atom. The van der Waals surface area contributed by atoms with Gasteiger partial charge in [0.1, 0.15) is 22.9 Å². The van der Waals surface area contributed by atoms with Crippen LogP contribution in [0.1, 0.15) is 12.7 Å². The maximum atomic E-state index is 12.8. The maximum Gasteiger partial charge on any atom is 0.137 e. The Morgan fingerprint density at radius 2 is 1.88 bits per heavy atom. The van der Waals surface area contributed by atoms with Gasteiger partial charge in [-0.3, -0.25) is 0 Å². The normalized spacial score (nSPS) is 14.6. The Hall–Kier alpha value is -1.65. The van der Waals surface area contributed by atoms with E-state index in [0.29, 0.717) is 11.5 Å². The molecule has 0 aliphatic rings. The topological polar surface area (TPSA) is 59.4 Å². The van der Waals surface area contributed by atoms with Crippen LogP contribution in [0.2, 0.25) is 0 Å². The van der Waals surface area contributed by atoms with E-state index in [1.54, 1.807) is 31.2 Å². The molecule has 0 spiro atoms. The highest BCUT2D eigenvalue weighted by Crippen LogP contribution is 2.27. The van der Waals surface area contributed by atoms with E-state index in [-0.39, 0.29) is 12.4 Å². The second-order valence-electron chi connectivity index (χ2n) is 4.15. The number of benzene rings is 1. The van der Waals surface area contributed by atoms with Crippen molar-refractivity contribution in [3.05, 3.63) is 48.0 Å². The van der Waals surface area contributed by atoms with Crippen molar-refractivity contribution in [2.24, 2.45) is 5.73 Å². The number of rotatable bonds is 3. The molecule has 3 nitrogen and oxygen atoms in total. The van der Waals surface area contributed by atoms with Gasteiger partial charge in [-0.15, -0.1) is 0 Å². The summed E-state index contributed by atoms with van der Waals surface area (Å²) in [7, 11) is 0. The van der Waals surface area contributed by atoms with Crippen molar-refractivity contribution >= 4 is 0 Å². The van der Waals surface area contributed by atoms with E-state index in [1.165, 1.54) is 12.1 Å². The molecule has 0 aliphatic carbocycles. The minimum atomic E-state index is -1.18. The van der Waals surface area contributed by atoms with Crippen molar-refractivity contribution in [1.29, 1.82) is 0 Å². The van der Waals surface area contributed by atoms with Gasteiger partial charge in [-0.05, 0) is 43.3 Å². The summed E-state index contributed by atoms with van der Waals surface area (Å²) in [6, 6.07) is 9.36. The molecule has 1 aromatic carbocycles. The Morgan fingerprint density at radius 3 is 2.47 bits per heavy atom. The Bertz CT molecular complexity index is 502. The highest BCUT2D eigenvalue weighted by Gasteiger charge is 2.25. The monoisotopic (exact) mass is 235 g/mol. The summed E-state index contributed by atoms with van der Waals surface area (Å²) in [5, 5.41) is 9.92. The summed E-state index contributed by atoms with van der Waals surface area (Å²) in [6.07, 6.45) is 0. The molecule has 0 fully saturated rings. The quantitative estimate of drug-likeness (QED) is 0.857. The van der Waals surface area contributed by atoms with Gasteiger partial charge in [0.05, 0.1) is 0 Å². The van der Waals surface area contributed by atoms with Gasteiger partial charge in [0.2, 0.25) is 0 Å². The molecule has 1 aromatic heterocycles. The molecular weight excluding hydrogens is 221 g/mol. The summed E-state index contributed by atoms with van der Waals surface area (Å²) < 4.78 is 18.3. The molecule has 0 aliphatic heterocycles. The number of furan rings is 1. The van der Waals surface area contributed by atoms with Crippen molar-refractivity contribution in [3.8, 4) is 11.3 Å². The van der Waals surface area contributed by atoms with Crippen molar-refractivity contribution < 1.29 is 13.9 Å². The van der Waals surface area contributed by atoms with Gasteiger partial charge in [-0.1, -0.05) is 0 Å². The molecule has 0 radical (unpaired) electrons. The lowest BCUT2D eigenvalue weighted by molar-refractivity contribution is 0.0439. The molecule has 1 unspecified atom stereocenters. The number of nitrogens with two attached hydrogens (primary N) is 1. The van der Waals surface area contributed by atoms with Crippen LogP contribution in [0.4, 0.5) is 4.39 Å². The van der Waals surface area contributed by atoms with E-state index in [4.69, 9.17) is 10.2 Å². The van der Waals surface area contributed by atoms with E-state index in [2.05, 4.69) is 0 Å². The first-order chi connectivity index (χ1) is 8.03. The number of hydrogen-bond donors (Lipinski definition) is 2. The zero-order valence-corrected chi connectivity index (χ0v) is 9.48. The summed E-state index contributed by atoms with van der Waals surface area (Å²) in [5.74, 6) is 0.683. The zero-order valence-electron chi connectivity index (χ0n) is 9.48. The summed E-state index contributed by atoms with van der Waals surface area (Å²) in [4.78, 5) is 0. The third-order valence-corrected chi connectivity index (χ3v) is 2.66. The average Bonchev–Trinajstić information content (AvgIpc) is 2.80. The van der Waals surface area contributed by atoms with Crippen LogP contribution in [0, 0.1) is 5.82 Å². The second kappa shape index (κ2) is 4.31. The first-order valence-corrected chi connectivity index (χ1v) is 5.31. The number of halogens is 1. The van der Waals surface area contributed by atoms with E-state index in [1.807, 2.05) is 0 Å². The molecule has 1 atom stereocenters. The van der Waals surface area contributed by atoms with Gasteiger partial charge in [-0.2, -0.15) is 0 Å². The standard InChI is InChI=1S/C13H14FNO2/c1-13(16,8-15)12-7-6-11(17-12)9-2-4-10(14)5-3-9/h2-7,16H,8,15H2,1H3. The zero-order chi connectivity index (χ0) is 12.5. The van der Waals surface area contributed by atoms with Crippen molar-refractivity contribution in [2.45, 2.75) is 12.5 Å². The van der Waals surface area contributed by atoms with Gasteiger partial charge in [0, 0.05) is 12.1 Å². The van der Waals surface area contributed by atoms with Crippen LogP contribution in [-0.4, -0.2) is 11.7 Å². The molecule has 2 aromatic rings. The number of aliphatic hydroxyl groups is 1. The van der Waals surface area contributed by atoms with Crippen molar-refractivity contribution in [3.63, 3.8) is 0 Å². The van der Waals surface area contributed by atoms with Crippen LogP contribution in [0.15, 0.2) is 40.8 Å². The number of hydrogen-bond acceptors (Lipinski definition) is 3. The van der Waals surface area contributed by atoms with Gasteiger partial charge in [0.25, 0.3) is 0 Å². The van der Waals surface area contributed by atoms with E-state index in [0.717, 1.165) is 5.56 Å². The Labute approximate surface area is 98.7 Å². The maximum absolute atomic E-state index is 12.8. The van der Waals surface area contributed by atoms with Gasteiger partial charge < -0.3 is 15.3 Å². The first kappa shape index (κ1) is 11.8. The van der Waals surface area contributed by atoms with Crippen LogP contribution in [-0.2, 0) is 5.60 Å². The van der Waals surface area contributed by atoms with Gasteiger partial charge >= 0.3 is 0 Å². The van der Waals surface area contributed by atoms with Crippen molar-refractivity contribution in [1.82, 2.24) is 0 Å². The Balaban J connectivity index is 2.33. The predicted octanol–water partition coefficient (Wildman–Crippen LogP) is 2.25. The second-order valence-corrected chi connectivity index (χ2v) is 4.15. The SMILES string of the molecule is CC(O)(CN)c1ccc(-c2ccc(F)cc2)o1. The third-order valence-electron chi connectivity index (χ3n) is 2.66. The van der Waals surface area contributed by atoms with Gasteiger partial charge in [-0.25, -0.2) is 4.39 Å². The molecule has 2 rings (SSSR count). The lowest BCUT2D eigenvalue weighted by Gasteiger charge is -2.17. The van der Waals surface area contributed by atoms with Crippen LogP contribution in [0.3, 0.4) is 0 Å². The predicted molar refractivity (Wildman–Crippen MR) is 62.7 cm³/mol. The summed E-state index contributed by atoms with van der Waals surface area (Å²) >= 11 is 0. The largest absolute Gasteiger partial charge is 0.458 e. The highest BCUT2D eigenvalue weighted by molar-refractivity contribution is 5.57. The van der Waals surface area contributed by atoms with E-state index >= 15 is 0 Å². The van der Waals surface area contributed by atoms with E-state index < -0.39 is 5.60 Å². The van der Waals surface area contributed by atoms with Crippen molar-refractivity contribution in [2.75, 3.05) is 6.54 Å². The summed E-state index contributed by atoms with van der Waals surface area (Å²) in [5.41, 5.74) is 5.02. The minimum Gasteiger partial charge on any atom is -0.458 e. The first-order valence-electron chi connectivity index (χ1n) is 5.31. The molecule has 90 valence electrons. The fraction of sp³-hybridized carbons (Fsp3) is 0.231. The summed E-state index contributed by atoms with van der Waals surface area (Å²) in [6.45, 7) is 1.66. The molecule has 0 bridgehead atoms. The molecule has 4 heteroatoms. The van der Waals surface area contributed by atoms with Crippen LogP contribution < -0.4 is 5.73 Å². The smallest absolute Gasteiger partial charge is 0.137 e. The average molecular weight is 235 g/mol. The fourth-order valence-corrected chi connectivity index (χ4v) is 1.50. The van der Waals surface area contributed by atoms with Crippen LogP contribution in [0.5, 0.6) is 0 Å².